The topological polar surface area (TPSA) is 40.5 Å². The van der Waals surface area contributed by atoms with Crippen molar-refractivity contribution in [3.63, 3.8) is 0 Å². The lowest BCUT2D eigenvalue weighted by atomic mass is 10.1. The second-order valence-corrected chi connectivity index (χ2v) is 3.69. The first-order chi connectivity index (χ1) is 6.59. The van der Waals surface area contributed by atoms with E-state index in [9.17, 15) is 9.90 Å². The molecular weight excluding hydrogens is 178 g/mol. The highest BCUT2D eigenvalue weighted by Gasteiger charge is 2.24. The summed E-state index contributed by atoms with van der Waals surface area (Å²) in [6.07, 6.45) is -0.0202. The largest absolute Gasteiger partial charge is 0.389 e. The zero-order valence-corrected chi connectivity index (χ0v) is 8.32. The third-order valence-corrected chi connectivity index (χ3v) is 2.66. The van der Waals surface area contributed by atoms with Gasteiger partial charge in [-0.05, 0) is 24.1 Å². The molecule has 14 heavy (non-hydrogen) atoms. The molecule has 1 N–H and O–H groups in total. The van der Waals surface area contributed by atoms with Gasteiger partial charge in [0.15, 0.2) is 0 Å². The number of nitrogens with zero attached hydrogens (tertiary/aromatic N) is 1. The van der Waals surface area contributed by atoms with Crippen LogP contribution in [0.1, 0.15) is 24.2 Å². The quantitative estimate of drug-likeness (QED) is 0.726. The Bertz CT molecular complexity index is 385. The zero-order valence-electron chi connectivity index (χ0n) is 8.32. The molecule has 0 fully saturated rings. The Morgan fingerprint density at radius 2 is 2.21 bits per heavy atom. The van der Waals surface area contributed by atoms with Crippen molar-refractivity contribution in [1.29, 1.82) is 0 Å². The van der Waals surface area contributed by atoms with Crippen LogP contribution in [0.3, 0.4) is 0 Å². The monoisotopic (exact) mass is 191 g/mol. The van der Waals surface area contributed by atoms with Crippen LogP contribution in [-0.2, 0) is 11.2 Å². The maximum Gasteiger partial charge on any atom is 0.231 e. The first-order valence-electron chi connectivity index (χ1n) is 4.67. The van der Waals surface area contributed by atoms with Crippen LogP contribution in [0.4, 0.5) is 5.69 Å². The molecule has 1 amide bonds. The maximum absolute atomic E-state index is 11.4. The summed E-state index contributed by atoms with van der Waals surface area (Å²) in [5, 5.41) is 9.39. The lowest BCUT2D eigenvalue weighted by Crippen LogP contribution is -2.20. The van der Waals surface area contributed by atoms with Crippen molar-refractivity contribution in [2.75, 3.05) is 11.9 Å². The van der Waals surface area contributed by atoms with E-state index in [4.69, 9.17) is 0 Å². The van der Waals surface area contributed by atoms with Gasteiger partial charge >= 0.3 is 0 Å². The van der Waals surface area contributed by atoms with E-state index in [1.165, 1.54) is 0 Å². The van der Waals surface area contributed by atoms with Crippen LogP contribution in [0.15, 0.2) is 18.2 Å². The first kappa shape index (κ1) is 9.21. The molecule has 1 aliphatic heterocycles. The highest BCUT2D eigenvalue weighted by molar-refractivity contribution is 6.00. The molecule has 0 aromatic heterocycles. The molecule has 1 atom stereocenters. The minimum absolute atomic E-state index is 0.114. The van der Waals surface area contributed by atoms with Crippen LogP contribution in [0.25, 0.3) is 0 Å². The van der Waals surface area contributed by atoms with Crippen molar-refractivity contribution in [2.24, 2.45) is 0 Å². The van der Waals surface area contributed by atoms with Crippen molar-refractivity contribution in [3.8, 4) is 0 Å². The number of aliphatic hydroxyl groups is 1. The van der Waals surface area contributed by atoms with Crippen molar-refractivity contribution in [1.82, 2.24) is 0 Å². The fraction of sp³-hybridized carbons (Fsp3) is 0.364. The summed E-state index contributed by atoms with van der Waals surface area (Å²) in [6.45, 7) is 1.72. The second-order valence-electron chi connectivity index (χ2n) is 3.69. The molecule has 1 aromatic rings. The number of carbonyl (C=O) groups excluding carboxylic acids is 1. The molecule has 0 unspecified atom stereocenters. The number of amides is 1. The molecule has 1 aromatic carbocycles. The van der Waals surface area contributed by atoms with Gasteiger partial charge in [-0.3, -0.25) is 4.79 Å². The summed E-state index contributed by atoms with van der Waals surface area (Å²) >= 11 is 0. The lowest BCUT2D eigenvalue weighted by Gasteiger charge is -2.11. The molecule has 3 heteroatoms. The van der Waals surface area contributed by atoms with Crippen LogP contribution >= 0.6 is 0 Å². The Kier molecular flexibility index (Phi) is 2.04. The summed E-state index contributed by atoms with van der Waals surface area (Å²) in [6, 6.07) is 5.66. The van der Waals surface area contributed by atoms with E-state index in [1.807, 2.05) is 18.2 Å². The Morgan fingerprint density at radius 3 is 2.86 bits per heavy atom. The fourth-order valence-electron chi connectivity index (χ4n) is 1.75. The highest BCUT2D eigenvalue weighted by Crippen LogP contribution is 2.29. The number of rotatable bonds is 1. The molecule has 2 rings (SSSR count). The third-order valence-electron chi connectivity index (χ3n) is 2.66. The Morgan fingerprint density at radius 1 is 1.50 bits per heavy atom. The molecule has 0 aliphatic carbocycles. The van der Waals surface area contributed by atoms with Gasteiger partial charge in [-0.2, -0.15) is 0 Å². The second kappa shape index (κ2) is 3.10. The van der Waals surface area contributed by atoms with Crippen molar-refractivity contribution < 1.29 is 9.90 Å². The van der Waals surface area contributed by atoms with Gasteiger partial charge in [-0.25, -0.2) is 0 Å². The van der Waals surface area contributed by atoms with Gasteiger partial charge in [-0.1, -0.05) is 12.1 Å². The molecule has 0 bridgehead atoms. The number of fused-ring (bicyclic) bond motifs is 1. The molecule has 3 nitrogen and oxygen atoms in total. The van der Waals surface area contributed by atoms with Gasteiger partial charge in [0.25, 0.3) is 0 Å². The van der Waals surface area contributed by atoms with E-state index in [0.29, 0.717) is 6.42 Å². The third kappa shape index (κ3) is 1.30. The van der Waals surface area contributed by atoms with Crippen LogP contribution in [0.5, 0.6) is 0 Å². The van der Waals surface area contributed by atoms with Gasteiger partial charge in [0.2, 0.25) is 5.91 Å². The molecule has 0 saturated heterocycles. The van der Waals surface area contributed by atoms with Crippen molar-refractivity contribution in [2.45, 2.75) is 19.4 Å². The van der Waals surface area contributed by atoms with Gasteiger partial charge in [-0.15, -0.1) is 0 Å². The standard InChI is InChI=1S/C11H13NO2/c1-7(13)8-3-4-10-9(5-8)6-11(14)12(10)2/h3-5,7,13H,6H2,1-2H3/t7-/m0/s1. The molecule has 0 radical (unpaired) electrons. The van der Waals surface area contributed by atoms with E-state index in [1.54, 1.807) is 18.9 Å². The summed E-state index contributed by atoms with van der Waals surface area (Å²) in [5.41, 5.74) is 2.84. The number of hydrogen-bond acceptors (Lipinski definition) is 2. The Labute approximate surface area is 83.0 Å². The molecule has 0 saturated carbocycles. The first-order valence-corrected chi connectivity index (χ1v) is 4.67. The lowest BCUT2D eigenvalue weighted by molar-refractivity contribution is -0.117. The summed E-state index contributed by atoms with van der Waals surface area (Å²) < 4.78 is 0. The summed E-state index contributed by atoms with van der Waals surface area (Å²) in [7, 11) is 1.77. The highest BCUT2D eigenvalue weighted by atomic mass is 16.3. The van der Waals surface area contributed by atoms with Crippen molar-refractivity contribution >= 4 is 11.6 Å². The van der Waals surface area contributed by atoms with E-state index < -0.39 is 6.10 Å². The SMILES string of the molecule is C[C@H](O)c1ccc2c(c1)CC(=O)N2C. The molecule has 74 valence electrons. The van der Waals surface area contributed by atoms with Gasteiger partial charge in [0.05, 0.1) is 12.5 Å². The van der Waals surface area contributed by atoms with Gasteiger partial charge < -0.3 is 10.0 Å². The average molecular weight is 191 g/mol. The average Bonchev–Trinajstić information content (AvgIpc) is 2.42. The number of aliphatic hydroxyl groups excluding tert-OH is 1. The maximum atomic E-state index is 11.4. The fourth-order valence-corrected chi connectivity index (χ4v) is 1.75. The molecule has 0 spiro atoms. The number of carbonyl (C=O) groups is 1. The number of likely N-dealkylation sites (N-methyl/N-ethyl adjacent to an activating group) is 1. The minimum atomic E-state index is -0.471. The van der Waals surface area contributed by atoms with Crippen molar-refractivity contribution in [3.05, 3.63) is 29.3 Å². The van der Waals surface area contributed by atoms with E-state index in [0.717, 1.165) is 16.8 Å². The predicted octanol–water partition coefficient (Wildman–Crippen LogP) is 1.26. The minimum Gasteiger partial charge on any atom is -0.389 e. The molecular formula is C11H13NO2. The Hall–Kier alpha value is -1.35. The normalized spacial score (nSPS) is 17.1. The van der Waals surface area contributed by atoms with Gasteiger partial charge in [0, 0.05) is 12.7 Å². The molecule has 1 aliphatic rings. The summed E-state index contributed by atoms with van der Waals surface area (Å²) in [5.74, 6) is 0.114. The van der Waals surface area contributed by atoms with E-state index in [2.05, 4.69) is 0 Å². The van der Waals surface area contributed by atoms with Crippen LogP contribution < -0.4 is 4.90 Å². The number of benzene rings is 1. The Balaban J connectivity index is 2.44. The van der Waals surface area contributed by atoms with E-state index >= 15 is 0 Å². The molecule has 1 heterocycles. The van der Waals surface area contributed by atoms with Crippen LogP contribution in [0.2, 0.25) is 0 Å². The smallest absolute Gasteiger partial charge is 0.231 e. The number of anilines is 1. The summed E-state index contributed by atoms with van der Waals surface area (Å²) in [4.78, 5) is 13.0. The van der Waals surface area contributed by atoms with Gasteiger partial charge in [0.1, 0.15) is 0 Å². The predicted molar refractivity (Wildman–Crippen MR) is 54.2 cm³/mol. The zero-order chi connectivity index (χ0) is 10.3. The number of hydrogen-bond donors (Lipinski definition) is 1. The van der Waals surface area contributed by atoms with Crippen LogP contribution in [-0.4, -0.2) is 18.1 Å². The van der Waals surface area contributed by atoms with E-state index in [-0.39, 0.29) is 5.91 Å². The van der Waals surface area contributed by atoms with Crippen LogP contribution in [0, 0.1) is 0 Å².